The normalized spacial score (nSPS) is 10.3. The van der Waals surface area contributed by atoms with E-state index in [-0.39, 0.29) is 6.61 Å². The third-order valence-electron chi connectivity index (χ3n) is 2.02. The van der Waals surface area contributed by atoms with Gasteiger partial charge in [-0.05, 0) is 23.8 Å². The van der Waals surface area contributed by atoms with Crippen LogP contribution in [0.2, 0.25) is 5.02 Å². The molecule has 2 rings (SSSR count). The summed E-state index contributed by atoms with van der Waals surface area (Å²) in [5.74, 6) is 0. The Morgan fingerprint density at radius 1 is 1.33 bits per heavy atom. The summed E-state index contributed by atoms with van der Waals surface area (Å²) >= 11 is 6.04. The number of pyridine rings is 2. The molecule has 15 heavy (non-hydrogen) atoms. The third-order valence-corrected chi connectivity index (χ3v) is 2.30. The fourth-order valence-electron chi connectivity index (χ4n) is 1.28. The van der Waals surface area contributed by atoms with Crippen LogP contribution in [-0.2, 0) is 6.61 Å². The summed E-state index contributed by atoms with van der Waals surface area (Å²) in [6.07, 6.45) is 5.00. The predicted molar refractivity (Wildman–Crippen MR) is 58.4 cm³/mol. The molecular formula is C11H9ClN2O. The molecular weight excluding hydrogens is 212 g/mol. The van der Waals surface area contributed by atoms with Gasteiger partial charge in [-0.1, -0.05) is 11.6 Å². The largest absolute Gasteiger partial charge is 0.392 e. The molecule has 0 aliphatic carbocycles. The van der Waals surface area contributed by atoms with Gasteiger partial charge in [0.15, 0.2) is 0 Å². The number of hydrogen-bond acceptors (Lipinski definition) is 3. The number of rotatable bonds is 2. The lowest BCUT2D eigenvalue weighted by Gasteiger charge is -2.04. The van der Waals surface area contributed by atoms with E-state index in [4.69, 9.17) is 16.7 Å². The van der Waals surface area contributed by atoms with Gasteiger partial charge in [0, 0.05) is 24.2 Å². The van der Waals surface area contributed by atoms with E-state index in [0.717, 1.165) is 5.56 Å². The first-order chi connectivity index (χ1) is 7.31. The number of nitrogens with zero attached hydrogens (tertiary/aromatic N) is 2. The minimum Gasteiger partial charge on any atom is -0.392 e. The number of hydrogen-bond donors (Lipinski definition) is 1. The van der Waals surface area contributed by atoms with Crippen LogP contribution in [0.25, 0.3) is 11.3 Å². The summed E-state index contributed by atoms with van der Waals surface area (Å²) in [6, 6.07) is 5.42. The maximum atomic E-state index is 8.91. The highest BCUT2D eigenvalue weighted by atomic mass is 35.5. The summed E-state index contributed by atoms with van der Waals surface area (Å²) in [6.45, 7) is -0.0555. The van der Waals surface area contributed by atoms with Crippen molar-refractivity contribution >= 4 is 11.6 Å². The molecule has 0 aromatic carbocycles. The fraction of sp³-hybridized carbons (Fsp3) is 0.0909. The van der Waals surface area contributed by atoms with E-state index >= 15 is 0 Å². The fourth-order valence-corrected chi connectivity index (χ4v) is 1.58. The van der Waals surface area contributed by atoms with E-state index in [0.29, 0.717) is 16.3 Å². The van der Waals surface area contributed by atoms with Crippen molar-refractivity contribution in [2.75, 3.05) is 0 Å². The second-order valence-electron chi connectivity index (χ2n) is 3.07. The van der Waals surface area contributed by atoms with E-state index in [2.05, 4.69) is 9.97 Å². The molecule has 0 aliphatic rings. The summed E-state index contributed by atoms with van der Waals surface area (Å²) in [5, 5.41) is 9.44. The van der Waals surface area contributed by atoms with Crippen molar-refractivity contribution in [1.29, 1.82) is 0 Å². The van der Waals surface area contributed by atoms with Gasteiger partial charge in [-0.25, -0.2) is 0 Å². The van der Waals surface area contributed by atoms with Crippen molar-refractivity contribution in [3.8, 4) is 11.3 Å². The topological polar surface area (TPSA) is 46.0 Å². The van der Waals surface area contributed by atoms with Gasteiger partial charge in [-0.2, -0.15) is 0 Å². The Morgan fingerprint density at radius 3 is 2.80 bits per heavy atom. The lowest BCUT2D eigenvalue weighted by molar-refractivity contribution is 0.281. The Kier molecular flexibility index (Phi) is 2.94. The van der Waals surface area contributed by atoms with Crippen LogP contribution in [0.1, 0.15) is 5.56 Å². The second-order valence-corrected chi connectivity index (χ2v) is 3.48. The number of aliphatic hydroxyl groups is 1. The van der Waals surface area contributed by atoms with Gasteiger partial charge in [-0.3, -0.25) is 9.97 Å². The van der Waals surface area contributed by atoms with Crippen LogP contribution in [-0.4, -0.2) is 15.1 Å². The minimum absolute atomic E-state index is 0.0555. The first-order valence-electron chi connectivity index (χ1n) is 4.47. The highest BCUT2D eigenvalue weighted by Crippen LogP contribution is 2.25. The molecule has 76 valence electrons. The zero-order valence-corrected chi connectivity index (χ0v) is 8.65. The van der Waals surface area contributed by atoms with Gasteiger partial charge in [0.1, 0.15) is 0 Å². The monoisotopic (exact) mass is 220 g/mol. The van der Waals surface area contributed by atoms with Gasteiger partial charge in [-0.15, -0.1) is 0 Å². The Labute approximate surface area is 92.4 Å². The molecule has 2 aromatic rings. The summed E-state index contributed by atoms with van der Waals surface area (Å²) < 4.78 is 0. The zero-order valence-electron chi connectivity index (χ0n) is 7.89. The van der Waals surface area contributed by atoms with Crippen LogP contribution in [0.15, 0.2) is 36.8 Å². The zero-order chi connectivity index (χ0) is 10.7. The van der Waals surface area contributed by atoms with Crippen LogP contribution >= 0.6 is 11.6 Å². The molecule has 0 amide bonds. The smallest absolute Gasteiger partial charge is 0.0903 e. The molecule has 0 spiro atoms. The van der Waals surface area contributed by atoms with Crippen molar-refractivity contribution in [2.45, 2.75) is 6.61 Å². The highest BCUT2D eigenvalue weighted by Gasteiger charge is 2.05. The molecule has 0 radical (unpaired) electrons. The van der Waals surface area contributed by atoms with Crippen molar-refractivity contribution in [1.82, 2.24) is 9.97 Å². The number of halogens is 1. The van der Waals surface area contributed by atoms with E-state index in [1.54, 1.807) is 24.7 Å². The molecule has 0 saturated heterocycles. The standard InChI is InChI=1S/C11H9ClN2O/c12-10-4-8(7-15)5-14-11(10)9-2-1-3-13-6-9/h1-6,15H,7H2. The first kappa shape index (κ1) is 10.1. The van der Waals surface area contributed by atoms with Crippen molar-refractivity contribution in [3.63, 3.8) is 0 Å². The quantitative estimate of drug-likeness (QED) is 0.845. The molecule has 0 atom stereocenters. The van der Waals surface area contributed by atoms with E-state index in [9.17, 15) is 0 Å². The van der Waals surface area contributed by atoms with Crippen LogP contribution in [0.3, 0.4) is 0 Å². The SMILES string of the molecule is OCc1cnc(-c2cccnc2)c(Cl)c1. The van der Waals surface area contributed by atoms with Crippen LogP contribution in [0, 0.1) is 0 Å². The molecule has 1 N–H and O–H groups in total. The summed E-state index contributed by atoms with van der Waals surface area (Å²) in [5.41, 5.74) is 2.25. The van der Waals surface area contributed by atoms with E-state index in [1.165, 1.54) is 0 Å². The molecule has 0 aliphatic heterocycles. The molecule has 4 heteroatoms. The maximum absolute atomic E-state index is 8.91. The lowest BCUT2D eigenvalue weighted by atomic mass is 10.1. The van der Waals surface area contributed by atoms with Gasteiger partial charge >= 0.3 is 0 Å². The van der Waals surface area contributed by atoms with Crippen LogP contribution in [0.4, 0.5) is 0 Å². The average Bonchev–Trinajstić information content (AvgIpc) is 2.30. The summed E-state index contributed by atoms with van der Waals surface area (Å²) in [7, 11) is 0. The maximum Gasteiger partial charge on any atom is 0.0903 e. The lowest BCUT2D eigenvalue weighted by Crippen LogP contribution is -1.90. The molecule has 0 saturated carbocycles. The van der Waals surface area contributed by atoms with E-state index in [1.807, 2.05) is 12.1 Å². The average molecular weight is 221 g/mol. The Morgan fingerprint density at radius 2 is 2.20 bits per heavy atom. The molecule has 0 bridgehead atoms. The van der Waals surface area contributed by atoms with Gasteiger partial charge in [0.05, 0.1) is 17.3 Å². The van der Waals surface area contributed by atoms with Crippen LogP contribution in [0.5, 0.6) is 0 Å². The molecule has 0 unspecified atom stereocenters. The number of aromatic nitrogens is 2. The van der Waals surface area contributed by atoms with Crippen LogP contribution < -0.4 is 0 Å². The Bertz CT molecular complexity index is 459. The van der Waals surface area contributed by atoms with Crippen molar-refractivity contribution < 1.29 is 5.11 Å². The summed E-state index contributed by atoms with van der Waals surface area (Å²) in [4.78, 5) is 8.18. The second kappa shape index (κ2) is 4.38. The predicted octanol–water partition coefficient (Wildman–Crippen LogP) is 2.29. The Balaban J connectivity index is 2.46. The Hall–Kier alpha value is -1.45. The molecule has 2 heterocycles. The minimum atomic E-state index is -0.0555. The third kappa shape index (κ3) is 2.14. The van der Waals surface area contributed by atoms with E-state index < -0.39 is 0 Å². The highest BCUT2D eigenvalue weighted by molar-refractivity contribution is 6.33. The van der Waals surface area contributed by atoms with Crippen molar-refractivity contribution in [3.05, 3.63) is 47.4 Å². The molecule has 2 aromatic heterocycles. The van der Waals surface area contributed by atoms with Crippen molar-refractivity contribution in [2.24, 2.45) is 0 Å². The number of aliphatic hydroxyl groups excluding tert-OH is 1. The van der Waals surface area contributed by atoms with Gasteiger partial charge in [0.25, 0.3) is 0 Å². The van der Waals surface area contributed by atoms with Gasteiger partial charge < -0.3 is 5.11 Å². The van der Waals surface area contributed by atoms with Gasteiger partial charge in [0.2, 0.25) is 0 Å². The molecule has 3 nitrogen and oxygen atoms in total. The first-order valence-corrected chi connectivity index (χ1v) is 4.84. The molecule has 0 fully saturated rings.